The Kier molecular flexibility index (Phi) is 4.83. The summed E-state index contributed by atoms with van der Waals surface area (Å²) < 4.78 is 6.57. The van der Waals surface area contributed by atoms with E-state index in [4.69, 9.17) is 4.98 Å². The summed E-state index contributed by atoms with van der Waals surface area (Å²) in [4.78, 5) is 43.2. The van der Waals surface area contributed by atoms with Crippen molar-refractivity contribution in [1.29, 1.82) is 0 Å². The van der Waals surface area contributed by atoms with Crippen LogP contribution in [0.2, 0.25) is 0 Å². The molecule has 168 valence electrons. The average Bonchev–Trinajstić information content (AvgIpc) is 3.14. The first-order valence-corrected chi connectivity index (χ1v) is 11.1. The van der Waals surface area contributed by atoms with Crippen LogP contribution in [-0.2, 0) is 11.8 Å². The first-order chi connectivity index (χ1) is 14.4. The number of rotatable bonds is 3. The highest BCUT2D eigenvalue weighted by Crippen LogP contribution is 2.45. The summed E-state index contributed by atoms with van der Waals surface area (Å²) in [7, 11) is 1.61. The Balaban J connectivity index is 2.08. The fraction of sp³-hybridized carbons (Fsp3) is 0.652. The fourth-order valence-corrected chi connectivity index (χ4v) is 5.69. The van der Waals surface area contributed by atoms with Crippen LogP contribution < -0.4 is 11.2 Å². The molecule has 4 rings (SSSR count). The Bertz CT molecular complexity index is 1330. The molecule has 3 aromatic rings. The van der Waals surface area contributed by atoms with Gasteiger partial charge in [0.2, 0.25) is 5.78 Å². The molecule has 3 aromatic heterocycles. The first-order valence-electron chi connectivity index (χ1n) is 11.1. The smallest absolute Gasteiger partial charge is 0.311 e. The molecule has 1 fully saturated rings. The largest absolute Gasteiger partial charge is 0.333 e. The molecule has 3 atom stereocenters. The molecular formula is C23H33N5O3. The minimum absolute atomic E-state index is 0.229. The quantitative estimate of drug-likeness (QED) is 0.642. The summed E-state index contributed by atoms with van der Waals surface area (Å²) in [5.41, 5.74) is 1.97. The van der Waals surface area contributed by atoms with E-state index in [9.17, 15) is 14.4 Å². The minimum atomic E-state index is -0.829. The summed E-state index contributed by atoms with van der Waals surface area (Å²) in [6.07, 6.45) is 3.29. The van der Waals surface area contributed by atoms with E-state index in [1.165, 1.54) is 17.9 Å². The van der Waals surface area contributed by atoms with E-state index in [-0.39, 0.29) is 17.2 Å². The van der Waals surface area contributed by atoms with Crippen molar-refractivity contribution in [3.8, 4) is 0 Å². The second-order valence-electron chi connectivity index (χ2n) is 10.3. The number of carbonyl (C=O) groups excluding carboxylic acids is 1. The molecule has 0 amide bonds. The maximum Gasteiger partial charge on any atom is 0.333 e. The molecule has 1 aliphatic carbocycles. The number of Topliss-reactive ketones (excluding diaryl/α,β-unsaturated/α-hetero) is 1. The van der Waals surface area contributed by atoms with E-state index in [1.54, 1.807) is 14.0 Å². The number of hydrogen-bond donors (Lipinski definition) is 0. The summed E-state index contributed by atoms with van der Waals surface area (Å²) in [5, 5.41) is 0. The molecule has 0 radical (unpaired) electrons. The van der Waals surface area contributed by atoms with Gasteiger partial charge in [0.1, 0.15) is 0 Å². The minimum Gasteiger partial charge on any atom is -0.311 e. The second-order valence-corrected chi connectivity index (χ2v) is 10.3. The molecule has 8 heteroatoms. The van der Waals surface area contributed by atoms with Gasteiger partial charge in [0, 0.05) is 24.5 Å². The number of aromatic nitrogens is 5. The van der Waals surface area contributed by atoms with Gasteiger partial charge in [0.25, 0.3) is 5.56 Å². The highest BCUT2D eigenvalue weighted by molar-refractivity contribution is 5.81. The van der Waals surface area contributed by atoms with E-state index in [0.717, 1.165) is 28.8 Å². The van der Waals surface area contributed by atoms with Crippen LogP contribution in [0.5, 0.6) is 0 Å². The van der Waals surface area contributed by atoms with Crippen LogP contribution in [0.4, 0.5) is 0 Å². The summed E-state index contributed by atoms with van der Waals surface area (Å²) in [6.45, 7) is 14.0. The van der Waals surface area contributed by atoms with Gasteiger partial charge >= 0.3 is 5.69 Å². The van der Waals surface area contributed by atoms with Gasteiger partial charge in [0.05, 0.1) is 6.04 Å². The van der Waals surface area contributed by atoms with Crippen molar-refractivity contribution >= 4 is 22.7 Å². The fourth-order valence-electron chi connectivity index (χ4n) is 5.69. The Labute approximate surface area is 181 Å². The molecule has 0 bridgehead atoms. The number of hydrogen-bond acceptors (Lipinski definition) is 4. The van der Waals surface area contributed by atoms with Gasteiger partial charge in [-0.05, 0) is 58.3 Å². The predicted octanol–water partition coefficient (Wildman–Crippen LogP) is 3.30. The lowest BCUT2D eigenvalue weighted by Crippen LogP contribution is -2.42. The van der Waals surface area contributed by atoms with Crippen molar-refractivity contribution in [3.05, 3.63) is 32.2 Å². The zero-order valence-corrected chi connectivity index (χ0v) is 19.8. The number of fused-ring (bicyclic) bond motifs is 3. The highest BCUT2D eigenvalue weighted by Gasteiger charge is 2.35. The molecule has 8 nitrogen and oxygen atoms in total. The van der Waals surface area contributed by atoms with Crippen LogP contribution in [0.15, 0.2) is 9.59 Å². The number of aryl methyl sites for hydroxylation is 2. The van der Waals surface area contributed by atoms with Gasteiger partial charge in [-0.25, -0.2) is 9.36 Å². The van der Waals surface area contributed by atoms with Crippen LogP contribution >= 0.6 is 0 Å². The third-order valence-electron chi connectivity index (χ3n) is 7.21. The van der Waals surface area contributed by atoms with Crippen LogP contribution in [0.3, 0.4) is 0 Å². The summed E-state index contributed by atoms with van der Waals surface area (Å²) >= 11 is 0. The average molecular weight is 428 g/mol. The van der Waals surface area contributed by atoms with E-state index < -0.39 is 17.3 Å². The van der Waals surface area contributed by atoms with Crippen molar-refractivity contribution in [3.63, 3.8) is 0 Å². The standard InChI is InChI=1S/C23H33N5O3/c1-12-9-17(11-23(6,7)10-12)26-13(2)14(3)27-18-19(24-21(26)27)25(8)22(31)28(20(18)30)15(4)16(5)29/h12,15,17H,9-11H2,1-8H3/t12-,15+,17+/m0/s1. The third kappa shape index (κ3) is 3.10. The van der Waals surface area contributed by atoms with E-state index in [1.807, 2.05) is 11.3 Å². The van der Waals surface area contributed by atoms with Crippen LogP contribution in [-0.4, -0.2) is 28.9 Å². The van der Waals surface area contributed by atoms with Crippen molar-refractivity contribution in [2.45, 2.75) is 79.8 Å². The SMILES string of the molecule is CC(=O)[C@@H](C)n1c(=O)c2c(nc3n([C@@H]4C[C@H](C)CC(C)(C)C4)c(C)c(C)n23)n(C)c1=O. The molecule has 0 aromatic carbocycles. The number of carbonyl (C=O) groups is 1. The zero-order valence-electron chi connectivity index (χ0n) is 19.8. The van der Waals surface area contributed by atoms with Crippen molar-refractivity contribution in [1.82, 2.24) is 23.1 Å². The van der Waals surface area contributed by atoms with Crippen LogP contribution in [0.1, 0.15) is 77.4 Å². The molecule has 1 aliphatic rings. The lowest BCUT2D eigenvalue weighted by Gasteiger charge is -2.40. The van der Waals surface area contributed by atoms with E-state index >= 15 is 0 Å². The van der Waals surface area contributed by atoms with E-state index in [2.05, 4.69) is 32.3 Å². The van der Waals surface area contributed by atoms with E-state index in [0.29, 0.717) is 22.9 Å². The molecule has 0 N–H and O–H groups in total. The summed E-state index contributed by atoms with van der Waals surface area (Å²) in [6, 6.07) is -0.549. The summed E-state index contributed by atoms with van der Waals surface area (Å²) in [5.74, 6) is 1.06. The molecule has 1 saturated carbocycles. The van der Waals surface area contributed by atoms with Crippen LogP contribution in [0.25, 0.3) is 16.9 Å². The van der Waals surface area contributed by atoms with Gasteiger partial charge < -0.3 is 4.57 Å². The number of nitrogens with zero attached hydrogens (tertiary/aromatic N) is 5. The van der Waals surface area contributed by atoms with Gasteiger partial charge in [-0.15, -0.1) is 0 Å². The first kappa shape index (κ1) is 21.6. The highest BCUT2D eigenvalue weighted by atomic mass is 16.2. The lowest BCUT2D eigenvalue weighted by molar-refractivity contribution is -0.119. The molecule has 3 heterocycles. The van der Waals surface area contributed by atoms with Gasteiger partial charge in [-0.2, -0.15) is 4.98 Å². The monoisotopic (exact) mass is 427 g/mol. The Hall–Kier alpha value is -2.64. The van der Waals surface area contributed by atoms with Gasteiger partial charge in [0.15, 0.2) is 16.9 Å². The predicted molar refractivity (Wildman–Crippen MR) is 121 cm³/mol. The normalized spacial score (nSPS) is 22.3. The molecule has 0 saturated heterocycles. The zero-order chi connectivity index (χ0) is 23.0. The maximum atomic E-state index is 13.5. The Morgan fingerprint density at radius 3 is 2.39 bits per heavy atom. The molecular weight excluding hydrogens is 394 g/mol. The Morgan fingerprint density at radius 1 is 1.16 bits per heavy atom. The lowest BCUT2D eigenvalue weighted by atomic mass is 9.70. The molecule has 0 unspecified atom stereocenters. The second kappa shape index (κ2) is 6.93. The van der Waals surface area contributed by atoms with Gasteiger partial charge in [-0.3, -0.25) is 18.6 Å². The molecule has 31 heavy (non-hydrogen) atoms. The maximum absolute atomic E-state index is 13.5. The molecule has 0 aliphatic heterocycles. The van der Waals surface area contributed by atoms with Crippen molar-refractivity contribution < 1.29 is 4.79 Å². The van der Waals surface area contributed by atoms with Crippen molar-refractivity contribution in [2.24, 2.45) is 18.4 Å². The number of imidazole rings is 2. The number of ketones is 1. The topological polar surface area (TPSA) is 83.3 Å². The molecule has 0 spiro atoms. The Morgan fingerprint density at radius 2 is 1.81 bits per heavy atom. The van der Waals surface area contributed by atoms with Crippen LogP contribution in [0, 0.1) is 25.2 Å². The van der Waals surface area contributed by atoms with Crippen molar-refractivity contribution in [2.75, 3.05) is 0 Å². The van der Waals surface area contributed by atoms with Gasteiger partial charge in [-0.1, -0.05) is 20.8 Å². The third-order valence-corrected chi connectivity index (χ3v) is 7.21.